The van der Waals surface area contributed by atoms with Gasteiger partial charge in [0.25, 0.3) is 0 Å². The summed E-state index contributed by atoms with van der Waals surface area (Å²) in [6, 6.07) is 1.50. The van der Waals surface area contributed by atoms with E-state index in [2.05, 4.69) is 9.83 Å². The summed E-state index contributed by atoms with van der Waals surface area (Å²) in [5.74, 6) is -0.539. The van der Waals surface area contributed by atoms with Crippen LogP contribution >= 0.6 is 11.6 Å². The Morgan fingerprint density at radius 2 is 2.42 bits per heavy atom. The first kappa shape index (κ1) is 8.95. The van der Waals surface area contributed by atoms with Gasteiger partial charge in [-0.15, -0.1) is 0 Å². The molecule has 0 bridgehead atoms. The first-order chi connectivity index (χ1) is 5.74. The fraction of sp³-hybridized carbons (Fsp3) is 0.250. The molecule has 0 aliphatic heterocycles. The number of hydrogen-bond donors (Lipinski definition) is 0. The maximum atomic E-state index is 12.8. The van der Waals surface area contributed by atoms with E-state index in [9.17, 15) is 4.39 Å². The summed E-state index contributed by atoms with van der Waals surface area (Å²) in [4.78, 5) is 6.54. The fourth-order valence-corrected chi connectivity index (χ4v) is 0.997. The van der Waals surface area contributed by atoms with Crippen LogP contribution in [0.4, 0.5) is 4.39 Å². The molecule has 62 valence electrons. The number of halogens is 2. The number of pyridine rings is 1. The SMILES string of the molecule is [C-]#[N+]CCc1cc(Cl)cnc1F. The number of hydrogen-bond acceptors (Lipinski definition) is 1. The van der Waals surface area contributed by atoms with Gasteiger partial charge in [0.2, 0.25) is 12.5 Å². The normalized spacial score (nSPS) is 9.42. The third-order valence-corrected chi connectivity index (χ3v) is 1.58. The molecule has 4 heteroatoms. The molecule has 0 spiro atoms. The van der Waals surface area contributed by atoms with Crippen LogP contribution in [0.25, 0.3) is 4.85 Å². The van der Waals surface area contributed by atoms with Crippen molar-refractivity contribution in [1.29, 1.82) is 0 Å². The predicted molar refractivity (Wildman–Crippen MR) is 44.4 cm³/mol. The van der Waals surface area contributed by atoms with Gasteiger partial charge in [-0.25, -0.2) is 11.6 Å². The lowest BCUT2D eigenvalue weighted by molar-refractivity contribution is 0.568. The highest BCUT2D eigenvalue weighted by molar-refractivity contribution is 6.30. The van der Waals surface area contributed by atoms with E-state index in [0.717, 1.165) is 0 Å². The van der Waals surface area contributed by atoms with Crippen molar-refractivity contribution in [1.82, 2.24) is 4.98 Å². The van der Waals surface area contributed by atoms with E-state index < -0.39 is 5.95 Å². The topological polar surface area (TPSA) is 17.2 Å². The summed E-state index contributed by atoms with van der Waals surface area (Å²) in [6.07, 6.45) is 1.61. The van der Waals surface area contributed by atoms with Crippen molar-refractivity contribution in [3.05, 3.63) is 40.2 Å². The number of aromatic nitrogens is 1. The van der Waals surface area contributed by atoms with Crippen molar-refractivity contribution in [3.8, 4) is 0 Å². The van der Waals surface area contributed by atoms with Crippen LogP contribution in [-0.2, 0) is 6.42 Å². The van der Waals surface area contributed by atoms with Crippen LogP contribution in [0, 0.1) is 12.5 Å². The molecule has 12 heavy (non-hydrogen) atoms. The van der Waals surface area contributed by atoms with Gasteiger partial charge in [-0.2, -0.15) is 4.39 Å². The fourth-order valence-electron chi connectivity index (χ4n) is 0.816. The molecule has 2 nitrogen and oxygen atoms in total. The molecule has 0 aliphatic carbocycles. The molecule has 1 heterocycles. The maximum Gasteiger partial charge on any atom is 0.218 e. The smallest absolute Gasteiger partial charge is 0.218 e. The Balaban J connectivity index is 2.84. The summed E-state index contributed by atoms with van der Waals surface area (Å²) >= 11 is 5.59. The molecule has 0 unspecified atom stereocenters. The van der Waals surface area contributed by atoms with E-state index in [0.29, 0.717) is 17.0 Å². The highest BCUT2D eigenvalue weighted by Crippen LogP contribution is 2.12. The van der Waals surface area contributed by atoms with Crippen LogP contribution < -0.4 is 0 Å². The first-order valence-electron chi connectivity index (χ1n) is 3.37. The van der Waals surface area contributed by atoms with Crippen molar-refractivity contribution >= 4 is 11.6 Å². The molecule has 0 aromatic carbocycles. The molecule has 0 N–H and O–H groups in total. The highest BCUT2D eigenvalue weighted by Gasteiger charge is 2.04. The van der Waals surface area contributed by atoms with Crippen LogP contribution in [0.15, 0.2) is 12.3 Å². The summed E-state index contributed by atoms with van der Waals surface area (Å²) in [7, 11) is 0. The Morgan fingerprint density at radius 1 is 1.67 bits per heavy atom. The standard InChI is InChI=1S/C8H6ClFN2/c1-11-3-2-6-4-7(9)5-12-8(6)10/h4-5H,2-3H2. The summed E-state index contributed by atoms with van der Waals surface area (Å²) < 4.78 is 12.8. The van der Waals surface area contributed by atoms with Crippen LogP contribution in [0.2, 0.25) is 5.02 Å². The Kier molecular flexibility index (Phi) is 3.01. The van der Waals surface area contributed by atoms with Crippen LogP contribution in [0.3, 0.4) is 0 Å². The zero-order chi connectivity index (χ0) is 8.97. The summed E-state index contributed by atoms with van der Waals surface area (Å²) in [5.41, 5.74) is 0.401. The largest absolute Gasteiger partial charge is 0.317 e. The van der Waals surface area contributed by atoms with E-state index in [1.807, 2.05) is 0 Å². The monoisotopic (exact) mass is 184 g/mol. The van der Waals surface area contributed by atoms with Gasteiger partial charge in [0.1, 0.15) is 0 Å². The van der Waals surface area contributed by atoms with Gasteiger partial charge in [-0.1, -0.05) is 11.6 Å². The average molecular weight is 185 g/mol. The lowest BCUT2D eigenvalue weighted by atomic mass is 10.2. The highest BCUT2D eigenvalue weighted by atomic mass is 35.5. The van der Waals surface area contributed by atoms with E-state index in [1.54, 1.807) is 0 Å². The third-order valence-electron chi connectivity index (χ3n) is 1.37. The van der Waals surface area contributed by atoms with E-state index in [4.69, 9.17) is 18.2 Å². The molecule has 0 aliphatic rings. The molecule has 1 aromatic heterocycles. The molecule has 0 atom stereocenters. The molecule has 0 saturated carbocycles. The van der Waals surface area contributed by atoms with Gasteiger partial charge in [-0.3, -0.25) is 0 Å². The van der Waals surface area contributed by atoms with Crippen LogP contribution in [0.1, 0.15) is 5.56 Å². The van der Waals surface area contributed by atoms with Gasteiger partial charge in [0.05, 0.1) is 5.02 Å². The minimum absolute atomic E-state index is 0.263. The van der Waals surface area contributed by atoms with Crippen LogP contribution in [-0.4, -0.2) is 11.5 Å². The van der Waals surface area contributed by atoms with Gasteiger partial charge < -0.3 is 4.85 Å². The Morgan fingerprint density at radius 3 is 3.08 bits per heavy atom. The average Bonchev–Trinajstić information content (AvgIpc) is 2.07. The summed E-state index contributed by atoms with van der Waals surface area (Å²) in [5, 5.41) is 0.399. The second-order valence-corrected chi connectivity index (χ2v) is 2.67. The first-order valence-corrected chi connectivity index (χ1v) is 3.75. The van der Waals surface area contributed by atoms with Gasteiger partial charge in [0.15, 0.2) is 0 Å². The predicted octanol–water partition coefficient (Wildman–Crippen LogP) is 2.34. The van der Waals surface area contributed by atoms with Crippen LogP contribution in [0.5, 0.6) is 0 Å². The molecule has 1 aromatic rings. The second kappa shape index (κ2) is 4.03. The Bertz CT molecular complexity index is 319. The van der Waals surface area contributed by atoms with E-state index >= 15 is 0 Å². The molecular formula is C8H6ClFN2. The maximum absolute atomic E-state index is 12.8. The zero-order valence-electron chi connectivity index (χ0n) is 6.22. The quantitative estimate of drug-likeness (QED) is 0.510. The summed E-state index contributed by atoms with van der Waals surface area (Å²) in [6.45, 7) is 6.79. The van der Waals surface area contributed by atoms with Crippen molar-refractivity contribution < 1.29 is 4.39 Å². The van der Waals surface area contributed by atoms with Gasteiger partial charge in [-0.05, 0) is 6.07 Å². The molecule has 0 saturated heterocycles. The lowest BCUT2D eigenvalue weighted by Crippen LogP contribution is -1.95. The Labute approximate surface area is 74.8 Å². The van der Waals surface area contributed by atoms with Crippen molar-refractivity contribution in [2.24, 2.45) is 0 Å². The van der Waals surface area contributed by atoms with E-state index in [1.165, 1.54) is 12.3 Å². The minimum Gasteiger partial charge on any atom is -0.317 e. The molecule has 0 radical (unpaired) electrons. The zero-order valence-corrected chi connectivity index (χ0v) is 6.98. The lowest BCUT2D eigenvalue weighted by Gasteiger charge is -1.97. The second-order valence-electron chi connectivity index (χ2n) is 2.24. The number of rotatable bonds is 2. The van der Waals surface area contributed by atoms with E-state index in [-0.39, 0.29) is 6.54 Å². The molecule has 1 rings (SSSR count). The minimum atomic E-state index is -0.539. The van der Waals surface area contributed by atoms with Crippen molar-refractivity contribution in [3.63, 3.8) is 0 Å². The number of nitrogens with zero attached hydrogens (tertiary/aromatic N) is 2. The van der Waals surface area contributed by atoms with Crippen molar-refractivity contribution in [2.75, 3.05) is 6.54 Å². The third kappa shape index (κ3) is 2.18. The van der Waals surface area contributed by atoms with Gasteiger partial charge >= 0.3 is 0 Å². The molecule has 0 fully saturated rings. The van der Waals surface area contributed by atoms with Gasteiger partial charge in [0, 0.05) is 18.2 Å². The molecular weight excluding hydrogens is 179 g/mol. The Hall–Kier alpha value is -1.14. The molecule has 0 amide bonds. The van der Waals surface area contributed by atoms with Crippen molar-refractivity contribution in [2.45, 2.75) is 6.42 Å².